The van der Waals surface area contributed by atoms with Crippen molar-refractivity contribution < 1.29 is 14.7 Å². The molecule has 0 saturated carbocycles. The van der Waals surface area contributed by atoms with E-state index < -0.39 is 0 Å². The molecule has 0 radical (unpaired) electrons. The van der Waals surface area contributed by atoms with Crippen molar-refractivity contribution in [1.29, 1.82) is 0 Å². The van der Waals surface area contributed by atoms with Crippen LogP contribution in [-0.2, 0) is 9.53 Å². The molecule has 1 aliphatic rings. The summed E-state index contributed by atoms with van der Waals surface area (Å²) in [6.45, 7) is 2.45. The molecule has 1 heterocycles. The number of nitrogens with zero attached hydrogens (tertiary/aromatic N) is 1. The zero-order chi connectivity index (χ0) is 12.0. The van der Waals surface area contributed by atoms with E-state index in [4.69, 9.17) is 15.7 Å². The van der Waals surface area contributed by atoms with Crippen molar-refractivity contribution in [2.75, 3.05) is 6.61 Å². The van der Waals surface area contributed by atoms with Gasteiger partial charge < -0.3 is 21.0 Å². The molecule has 0 aliphatic carbocycles. The molecular formula is C10H19N3O3. The van der Waals surface area contributed by atoms with Crippen LogP contribution in [0.3, 0.4) is 0 Å². The van der Waals surface area contributed by atoms with E-state index in [1.54, 1.807) is 6.92 Å². The fraction of sp³-hybridized carbons (Fsp3) is 0.800. The second-order valence-corrected chi connectivity index (χ2v) is 4.06. The number of oxime groups is 1. The van der Waals surface area contributed by atoms with Gasteiger partial charge in [0, 0.05) is 19.1 Å². The number of nitrogens with one attached hydrogen (secondary N) is 1. The second-order valence-electron chi connectivity index (χ2n) is 4.06. The molecule has 92 valence electrons. The molecule has 2 atom stereocenters. The van der Waals surface area contributed by atoms with Crippen LogP contribution >= 0.6 is 0 Å². The van der Waals surface area contributed by atoms with Gasteiger partial charge in [0.2, 0.25) is 5.91 Å². The van der Waals surface area contributed by atoms with Gasteiger partial charge in [-0.2, -0.15) is 0 Å². The van der Waals surface area contributed by atoms with E-state index in [2.05, 4.69) is 10.5 Å². The Labute approximate surface area is 94.8 Å². The van der Waals surface area contributed by atoms with Crippen molar-refractivity contribution in [1.82, 2.24) is 5.32 Å². The number of carbonyl (C=O) groups is 1. The van der Waals surface area contributed by atoms with Gasteiger partial charge in [0.05, 0.1) is 0 Å². The Kier molecular flexibility index (Phi) is 5.04. The summed E-state index contributed by atoms with van der Waals surface area (Å²) in [5.41, 5.74) is 5.35. The molecule has 0 aromatic heterocycles. The predicted octanol–water partition coefficient (Wildman–Crippen LogP) is 0.197. The molecule has 6 nitrogen and oxygen atoms in total. The minimum atomic E-state index is -0.344. The van der Waals surface area contributed by atoms with E-state index in [0.717, 1.165) is 19.3 Å². The Morgan fingerprint density at radius 1 is 1.69 bits per heavy atom. The number of amidine groups is 1. The monoisotopic (exact) mass is 229 g/mol. The Morgan fingerprint density at radius 2 is 2.44 bits per heavy atom. The lowest BCUT2D eigenvalue weighted by molar-refractivity contribution is -0.136. The normalized spacial score (nSPS) is 23.8. The van der Waals surface area contributed by atoms with Crippen LogP contribution in [0.1, 0.15) is 32.6 Å². The SMILES string of the molecule is CC(CC(N)=NO)NC(=O)C1CCCCO1. The molecule has 16 heavy (non-hydrogen) atoms. The van der Waals surface area contributed by atoms with Crippen LogP contribution < -0.4 is 11.1 Å². The number of carbonyl (C=O) groups excluding carboxylic acids is 1. The van der Waals surface area contributed by atoms with Gasteiger partial charge in [-0.25, -0.2) is 0 Å². The maximum Gasteiger partial charge on any atom is 0.249 e. The van der Waals surface area contributed by atoms with Gasteiger partial charge >= 0.3 is 0 Å². The first-order valence-electron chi connectivity index (χ1n) is 5.52. The third-order valence-corrected chi connectivity index (χ3v) is 2.50. The summed E-state index contributed by atoms with van der Waals surface area (Å²) >= 11 is 0. The fourth-order valence-corrected chi connectivity index (χ4v) is 1.69. The Bertz CT molecular complexity index is 262. The Hall–Kier alpha value is -1.30. The highest BCUT2D eigenvalue weighted by Crippen LogP contribution is 2.12. The quantitative estimate of drug-likeness (QED) is 0.277. The van der Waals surface area contributed by atoms with Crippen LogP contribution in [-0.4, -0.2) is 35.7 Å². The smallest absolute Gasteiger partial charge is 0.249 e. The third kappa shape index (κ3) is 4.06. The summed E-state index contributed by atoms with van der Waals surface area (Å²) in [4.78, 5) is 11.7. The maximum absolute atomic E-state index is 11.7. The number of nitrogens with two attached hydrogens (primary N) is 1. The van der Waals surface area contributed by atoms with Crippen molar-refractivity contribution in [3.8, 4) is 0 Å². The van der Waals surface area contributed by atoms with E-state index in [9.17, 15) is 4.79 Å². The van der Waals surface area contributed by atoms with Gasteiger partial charge in [0.15, 0.2) is 0 Å². The number of ether oxygens (including phenoxy) is 1. The van der Waals surface area contributed by atoms with Crippen molar-refractivity contribution in [3.05, 3.63) is 0 Å². The minimum absolute atomic E-state index is 0.109. The second kappa shape index (κ2) is 6.32. The maximum atomic E-state index is 11.7. The van der Waals surface area contributed by atoms with Crippen molar-refractivity contribution >= 4 is 11.7 Å². The summed E-state index contributed by atoms with van der Waals surface area (Å²) in [5, 5.41) is 14.0. The lowest BCUT2D eigenvalue weighted by Crippen LogP contribution is -2.43. The van der Waals surface area contributed by atoms with Gasteiger partial charge in [-0.05, 0) is 26.2 Å². The van der Waals surface area contributed by atoms with Gasteiger partial charge in [0.1, 0.15) is 11.9 Å². The lowest BCUT2D eigenvalue weighted by atomic mass is 10.1. The topological polar surface area (TPSA) is 96.9 Å². The van der Waals surface area contributed by atoms with Crippen LogP contribution in [0.5, 0.6) is 0 Å². The van der Waals surface area contributed by atoms with Crippen molar-refractivity contribution in [3.63, 3.8) is 0 Å². The molecule has 1 fully saturated rings. The largest absolute Gasteiger partial charge is 0.409 e. The summed E-state index contributed by atoms with van der Waals surface area (Å²) in [6, 6.07) is -0.158. The number of hydrogen-bond acceptors (Lipinski definition) is 4. The number of amides is 1. The minimum Gasteiger partial charge on any atom is -0.409 e. The number of hydrogen-bond donors (Lipinski definition) is 3. The van der Waals surface area contributed by atoms with Gasteiger partial charge in [-0.3, -0.25) is 4.79 Å². The van der Waals surface area contributed by atoms with Gasteiger partial charge in [0.25, 0.3) is 0 Å². The molecule has 1 aliphatic heterocycles. The van der Waals surface area contributed by atoms with E-state index in [-0.39, 0.29) is 23.9 Å². The summed E-state index contributed by atoms with van der Waals surface area (Å²) in [6.07, 6.45) is 2.79. The van der Waals surface area contributed by atoms with Crippen LogP contribution in [0.4, 0.5) is 0 Å². The van der Waals surface area contributed by atoms with Crippen LogP contribution in [0.2, 0.25) is 0 Å². The molecule has 1 amide bonds. The molecule has 0 aromatic carbocycles. The first-order valence-corrected chi connectivity index (χ1v) is 5.52. The van der Waals surface area contributed by atoms with Crippen LogP contribution in [0, 0.1) is 0 Å². The van der Waals surface area contributed by atoms with E-state index in [1.807, 2.05) is 0 Å². The highest BCUT2D eigenvalue weighted by atomic mass is 16.5. The molecule has 0 spiro atoms. The van der Waals surface area contributed by atoms with Crippen molar-refractivity contribution in [2.24, 2.45) is 10.9 Å². The Morgan fingerprint density at radius 3 is 3.00 bits per heavy atom. The predicted molar refractivity (Wildman–Crippen MR) is 59.2 cm³/mol. The summed E-state index contributed by atoms with van der Waals surface area (Å²) in [7, 11) is 0. The fourth-order valence-electron chi connectivity index (χ4n) is 1.69. The first-order chi connectivity index (χ1) is 7.63. The van der Waals surface area contributed by atoms with Gasteiger partial charge in [-0.15, -0.1) is 0 Å². The molecule has 0 bridgehead atoms. The lowest BCUT2D eigenvalue weighted by Gasteiger charge is -2.23. The Balaban J connectivity index is 2.32. The molecule has 6 heteroatoms. The highest BCUT2D eigenvalue weighted by Gasteiger charge is 2.23. The molecule has 1 saturated heterocycles. The van der Waals surface area contributed by atoms with Crippen LogP contribution in [0.25, 0.3) is 0 Å². The first kappa shape index (κ1) is 12.8. The summed E-state index contributed by atoms with van der Waals surface area (Å²) in [5.74, 6) is -0.00435. The molecular weight excluding hydrogens is 210 g/mol. The number of rotatable bonds is 4. The average Bonchev–Trinajstić information content (AvgIpc) is 2.29. The van der Waals surface area contributed by atoms with Crippen LogP contribution in [0.15, 0.2) is 5.16 Å². The highest BCUT2D eigenvalue weighted by molar-refractivity contribution is 5.83. The average molecular weight is 229 g/mol. The van der Waals surface area contributed by atoms with Gasteiger partial charge in [-0.1, -0.05) is 5.16 Å². The molecule has 1 rings (SSSR count). The third-order valence-electron chi connectivity index (χ3n) is 2.50. The van der Waals surface area contributed by atoms with E-state index in [1.165, 1.54) is 0 Å². The zero-order valence-corrected chi connectivity index (χ0v) is 9.48. The summed E-state index contributed by atoms with van der Waals surface area (Å²) < 4.78 is 5.35. The van der Waals surface area contributed by atoms with E-state index in [0.29, 0.717) is 13.0 Å². The van der Waals surface area contributed by atoms with E-state index >= 15 is 0 Å². The molecule has 4 N–H and O–H groups in total. The molecule has 0 aromatic rings. The zero-order valence-electron chi connectivity index (χ0n) is 9.48. The van der Waals surface area contributed by atoms with Crippen molar-refractivity contribution in [2.45, 2.75) is 44.8 Å². The molecule has 2 unspecified atom stereocenters. The standard InChI is InChI=1S/C10H19N3O3/c1-7(6-9(11)13-15)12-10(14)8-4-2-3-5-16-8/h7-8,15H,2-6H2,1H3,(H2,11,13)(H,12,14).